The fourth-order valence-corrected chi connectivity index (χ4v) is 5.18. The maximum Gasteiger partial charge on any atom is 0.251 e. The van der Waals surface area contributed by atoms with Gasteiger partial charge in [0, 0.05) is 46.6 Å². The Labute approximate surface area is 162 Å². The van der Waals surface area contributed by atoms with Crippen molar-refractivity contribution < 1.29 is 8.42 Å². The minimum atomic E-state index is -3.59. The summed E-state index contributed by atoms with van der Waals surface area (Å²) >= 11 is 1.19. The Bertz CT molecular complexity index is 1090. The van der Waals surface area contributed by atoms with Crippen molar-refractivity contribution in [3.63, 3.8) is 0 Å². The zero-order chi connectivity index (χ0) is 19.4. The number of hydrogen-bond acceptors (Lipinski definition) is 5. The molecule has 8 heteroatoms. The van der Waals surface area contributed by atoms with Gasteiger partial charge in [0.15, 0.2) is 0 Å². The van der Waals surface area contributed by atoms with Crippen LogP contribution in [0.5, 0.6) is 0 Å². The molecule has 0 aliphatic heterocycles. The van der Waals surface area contributed by atoms with Gasteiger partial charge in [0.05, 0.1) is 0 Å². The van der Waals surface area contributed by atoms with Gasteiger partial charge in [-0.2, -0.15) is 0 Å². The Balaban J connectivity index is 1.77. The van der Waals surface area contributed by atoms with Crippen LogP contribution in [0.25, 0.3) is 10.4 Å². The lowest BCUT2D eigenvalue weighted by molar-refractivity contribution is 0.583. The molecule has 3 heterocycles. The number of hydrogen-bond donors (Lipinski definition) is 2. The Morgan fingerprint density at radius 3 is 2.74 bits per heavy atom. The highest BCUT2D eigenvalue weighted by Gasteiger charge is 2.18. The molecule has 0 aliphatic carbocycles. The van der Waals surface area contributed by atoms with Crippen molar-refractivity contribution in [2.45, 2.75) is 30.9 Å². The van der Waals surface area contributed by atoms with Crippen LogP contribution in [0.2, 0.25) is 0 Å². The fraction of sp³-hybridized carbons (Fsp3) is 0.263. The molecule has 0 bridgehead atoms. The molecule has 0 unspecified atom stereocenters. The van der Waals surface area contributed by atoms with Crippen LogP contribution in [0.4, 0.5) is 0 Å². The van der Waals surface area contributed by atoms with Crippen LogP contribution in [-0.2, 0) is 22.9 Å². The van der Waals surface area contributed by atoms with Crippen LogP contribution in [0.3, 0.4) is 0 Å². The molecule has 0 saturated heterocycles. The molecule has 0 aromatic carbocycles. The number of aromatic nitrogens is 2. The average molecular weight is 404 g/mol. The number of H-pyrrole nitrogens is 1. The Morgan fingerprint density at radius 2 is 2.04 bits per heavy atom. The molecule has 142 valence electrons. The minimum absolute atomic E-state index is 0.0978. The molecule has 0 aliphatic rings. The number of pyridine rings is 2. The van der Waals surface area contributed by atoms with Crippen molar-refractivity contribution in [1.29, 1.82) is 0 Å². The lowest BCUT2D eigenvalue weighted by Crippen LogP contribution is -2.25. The second-order valence-electron chi connectivity index (χ2n) is 6.10. The molecule has 3 aromatic heterocycles. The monoisotopic (exact) mass is 403 g/mol. The molecular formula is C19H21N3O3S2. The van der Waals surface area contributed by atoms with Crippen molar-refractivity contribution in [2.24, 2.45) is 0 Å². The smallest absolute Gasteiger partial charge is 0.251 e. The van der Waals surface area contributed by atoms with Gasteiger partial charge in [-0.05, 0) is 43.7 Å². The van der Waals surface area contributed by atoms with Gasteiger partial charge in [-0.25, -0.2) is 13.1 Å². The highest BCUT2D eigenvalue weighted by molar-refractivity contribution is 7.91. The Hall–Kier alpha value is -2.29. The van der Waals surface area contributed by atoms with E-state index in [1.165, 1.54) is 11.3 Å². The zero-order valence-electron chi connectivity index (χ0n) is 15.2. The van der Waals surface area contributed by atoms with Gasteiger partial charge in [0.1, 0.15) is 4.21 Å². The second kappa shape index (κ2) is 8.16. The summed E-state index contributed by atoms with van der Waals surface area (Å²) in [5, 5.41) is 0. The molecule has 0 amide bonds. The lowest BCUT2D eigenvalue weighted by Gasteiger charge is -2.06. The van der Waals surface area contributed by atoms with E-state index in [9.17, 15) is 13.2 Å². The van der Waals surface area contributed by atoms with E-state index in [0.29, 0.717) is 18.4 Å². The molecule has 0 atom stereocenters. The normalized spacial score (nSPS) is 11.6. The number of nitrogens with zero attached hydrogens (tertiary/aromatic N) is 1. The van der Waals surface area contributed by atoms with Crippen LogP contribution >= 0.6 is 11.3 Å². The van der Waals surface area contributed by atoms with Crippen molar-refractivity contribution in [1.82, 2.24) is 14.7 Å². The molecule has 3 aromatic rings. The topological polar surface area (TPSA) is 91.9 Å². The third-order valence-corrected chi connectivity index (χ3v) is 7.28. The number of aryl methyl sites for hydroxylation is 2. The summed E-state index contributed by atoms with van der Waals surface area (Å²) in [5.74, 6) is 0. The van der Waals surface area contributed by atoms with E-state index in [2.05, 4.69) is 14.7 Å². The van der Waals surface area contributed by atoms with Gasteiger partial charge in [-0.1, -0.05) is 13.0 Å². The summed E-state index contributed by atoms with van der Waals surface area (Å²) in [4.78, 5) is 19.7. The van der Waals surface area contributed by atoms with Crippen LogP contribution in [-0.4, -0.2) is 24.9 Å². The minimum Gasteiger partial charge on any atom is -0.326 e. The first-order valence-corrected chi connectivity index (χ1v) is 10.9. The summed E-state index contributed by atoms with van der Waals surface area (Å²) in [6.45, 7) is 4.01. The van der Waals surface area contributed by atoms with Gasteiger partial charge in [-0.15, -0.1) is 11.3 Å². The van der Waals surface area contributed by atoms with Gasteiger partial charge >= 0.3 is 0 Å². The number of nitrogens with one attached hydrogen (secondary N) is 2. The van der Waals surface area contributed by atoms with Gasteiger partial charge in [0.2, 0.25) is 10.0 Å². The van der Waals surface area contributed by atoms with Crippen molar-refractivity contribution >= 4 is 21.4 Å². The van der Waals surface area contributed by atoms with Crippen LogP contribution in [0.1, 0.15) is 23.9 Å². The van der Waals surface area contributed by atoms with Gasteiger partial charge in [-0.3, -0.25) is 9.78 Å². The summed E-state index contributed by atoms with van der Waals surface area (Å²) < 4.78 is 28.0. The van der Waals surface area contributed by atoms with E-state index in [-0.39, 0.29) is 16.3 Å². The van der Waals surface area contributed by atoms with Gasteiger partial charge in [0.25, 0.3) is 5.56 Å². The third kappa shape index (κ3) is 4.52. The van der Waals surface area contributed by atoms with Crippen molar-refractivity contribution in [3.8, 4) is 10.4 Å². The molecular weight excluding hydrogens is 382 g/mol. The average Bonchev–Trinajstić information content (AvgIpc) is 3.13. The first kappa shape index (κ1) is 19.5. The Kier molecular flexibility index (Phi) is 5.88. The first-order valence-electron chi connectivity index (χ1n) is 8.63. The summed E-state index contributed by atoms with van der Waals surface area (Å²) in [6.07, 6.45) is 2.83. The fourth-order valence-electron chi connectivity index (χ4n) is 2.72. The maximum absolute atomic E-state index is 12.6. The highest BCUT2D eigenvalue weighted by atomic mass is 32.2. The molecule has 0 spiro atoms. The maximum atomic E-state index is 12.6. The standard InChI is InChI=1S/C19H21N3O3S2/c1-3-14-12-16(13(2)22-19(14)23)17-7-8-18(26-17)27(24,25)21-11-9-15-6-4-5-10-20-15/h4-8,10,12,21H,3,9,11H2,1-2H3,(H,22,23). The van der Waals surface area contributed by atoms with E-state index >= 15 is 0 Å². The highest BCUT2D eigenvalue weighted by Crippen LogP contribution is 2.32. The molecule has 3 rings (SSSR count). The predicted octanol–water partition coefficient (Wildman–Crippen LogP) is 2.89. The number of aromatic amines is 1. The largest absolute Gasteiger partial charge is 0.326 e. The van der Waals surface area contributed by atoms with E-state index in [0.717, 1.165) is 21.8 Å². The zero-order valence-corrected chi connectivity index (χ0v) is 16.8. The molecule has 0 fully saturated rings. The van der Waals surface area contributed by atoms with Gasteiger partial charge < -0.3 is 4.98 Å². The molecule has 0 radical (unpaired) electrons. The molecule has 0 saturated carbocycles. The molecule has 27 heavy (non-hydrogen) atoms. The Morgan fingerprint density at radius 1 is 1.22 bits per heavy atom. The number of sulfonamides is 1. The first-order chi connectivity index (χ1) is 12.9. The SMILES string of the molecule is CCc1cc(-c2ccc(S(=O)(=O)NCCc3ccccn3)s2)c(C)[nH]c1=O. The lowest BCUT2D eigenvalue weighted by atomic mass is 10.1. The van der Waals surface area contributed by atoms with Crippen molar-refractivity contribution in [3.05, 3.63) is 69.9 Å². The van der Waals surface area contributed by atoms with Crippen LogP contribution in [0.15, 0.2) is 51.6 Å². The predicted molar refractivity (Wildman–Crippen MR) is 108 cm³/mol. The molecule has 2 N–H and O–H groups in total. The van der Waals surface area contributed by atoms with E-state index in [1.807, 2.05) is 38.1 Å². The molecule has 6 nitrogen and oxygen atoms in total. The summed E-state index contributed by atoms with van der Waals surface area (Å²) in [5.41, 5.74) is 3.00. The quantitative estimate of drug-likeness (QED) is 0.634. The third-order valence-electron chi connectivity index (χ3n) is 4.21. The van der Waals surface area contributed by atoms with E-state index in [1.54, 1.807) is 18.3 Å². The van der Waals surface area contributed by atoms with Crippen molar-refractivity contribution in [2.75, 3.05) is 6.54 Å². The van der Waals surface area contributed by atoms with E-state index < -0.39 is 10.0 Å². The summed E-state index contributed by atoms with van der Waals surface area (Å²) in [6, 6.07) is 10.8. The summed E-state index contributed by atoms with van der Waals surface area (Å²) in [7, 11) is -3.59. The number of rotatable bonds is 7. The van der Waals surface area contributed by atoms with Crippen LogP contribution in [0, 0.1) is 6.92 Å². The second-order valence-corrected chi connectivity index (χ2v) is 9.18. The number of thiophene rings is 1. The van der Waals surface area contributed by atoms with Crippen LogP contribution < -0.4 is 10.3 Å². The van der Waals surface area contributed by atoms with E-state index in [4.69, 9.17) is 0 Å².